The average molecular weight is 309 g/mol. The van der Waals surface area contributed by atoms with Crippen molar-refractivity contribution < 1.29 is 19.1 Å². The van der Waals surface area contributed by atoms with Gasteiger partial charge in [-0.1, -0.05) is 6.07 Å². The fraction of sp³-hybridized carbons (Fsp3) is 0.533. The third-order valence-corrected chi connectivity index (χ3v) is 2.54. The summed E-state index contributed by atoms with van der Waals surface area (Å²) in [6.07, 6.45) is 1.24. The Morgan fingerprint density at radius 3 is 2.59 bits per heavy atom. The standard InChI is InChI=1S/C15H23N3O4/c1-15(2,3)22-14(20)18-12(13(19)17-10-21-4)9-11-7-5-6-8-16-11/h5-8,12H,9-10H2,1-4H3,(H,17,19)(H,18,20)/t12-/m1/s1. The number of amides is 2. The van der Waals surface area contributed by atoms with E-state index in [4.69, 9.17) is 9.47 Å². The lowest BCUT2D eigenvalue weighted by atomic mass is 10.1. The molecule has 0 bridgehead atoms. The van der Waals surface area contributed by atoms with Gasteiger partial charge in [-0.25, -0.2) is 4.79 Å². The molecule has 0 fully saturated rings. The predicted octanol–water partition coefficient (Wildman–Crippen LogP) is 1.24. The summed E-state index contributed by atoms with van der Waals surface area (Å²) >= 11 is 0. The zero-order chi connectivity index (χ0) is 16.6. The summed E-state index contributed by atoms with van der Waals surface area (Å²) in [5.41, 5.74) is 0.0546. The van der Waals surface area contributed by atoms with Gasteiger partial charge in [-0.15, -0.1) is 0 Å². The van der Waals surface area contributed by atoms with E-state index in [0.717, 1.165) is 0 Å². The number of carbonyl (C=O) groups excluding carboxylic acids is 2. The van der Waals surface area contributed by atoms with Crippen LogP contribution in [0.5, 0.6) is 0 Å². The molecule has 7 heteroatoms. The van der Waals surface area contributed by atoms with Gasteiger partial charge in [-0.2, -0.15) is 0 Å². The van der Waals surface area contributed by atoms with E-state index < -0.39 is 17.7 Å². The molecule has 1 rings (SSSR count). The summed E-state index contributed by atoms with van der Waals surface area (Å²) in [6.45, 7) is 5.33. The highest BCUT2D eigenvalue weighted by molar-refractivity contribution is 5.85. The van der Waals surface area contributed by atoms with Gasteiger partial charge in [0.1, 0.15) is 18.4 Å². The Hall–Kier alpha value is -2.15. The summed E-state index contributed by atoms with van der Waals surface area (Å²) in [5.74, 6) is -0.363. The Morgan fingerprint density at radius 2 is 2.05 bits per heavy atom. The van der Waals surface area contributed by atoms with Crippen molar-refractivity contribution in [3.8, 4) is 0 Å². The Bertz CT molecular complexity index is 485. The number of nitrogens with zero attached hydrogens (tertiary/aromatic N) is 1. The van der Waals surface area contributed by atoms with Crippen molar-refractivity contribution in [3.63, 3.8) is 0 Å². The molecule has 1 aromatic rings. The van der Waals surface area contributed by atoms with Crippen LogP contribution in [-0.4, -0.2) is 42.5 Å². The van der Waals surface area contributed by atoms with Crippen molar-refractivity contribution in [2.75, 3.05) is 13.8 Å². The van der Waals surface area contributed by atoms with Crippen molar-refractivity contribution in [3.05, 3.63) is 30.1 Å². The second-order valence-electron chi connectivity index (χ2n) is 5.70. The van der Waals surface area contributed by atoms with Gasteiger partial charge < -0.3 is 20.1 Å². The minimum absolute atomic E-state index is 0.0630. The molecule has 22 heavy (non-hydrogen) atoms. The molecule has 2 amide bonds. The van der Waals surface area contributed by atoms with Crippen molar-refractivity contribution >= 4 is 12.0 Å². The Kier molecular flexibility index (Phi) is 6.78. The maximum atomic E-state index is 12.1. The summed E-state index contributed by atoms with van der Waals surface area (Å²) in [7, 11) is 1.47. The maximum absolute atomic E-state index is 12.1. The number of alkyl carbamates (subject to hydrolysis) is 1. The molecule has 0 saturated carbocycles. The van der Waals surface area contributed by atoms with Gasteiger partial charge in [0.2, 0.25) is 5.91 Å². The van der Waals surface area contributed by atoms with Crippen molar-refractivity contribution in [1.82, 2.24) is 15.6 Å². The molecular formula is C15H23N3O4. The number of nitrogens with one attached hydrogen (secondary N) is 2. The molecule has 1 aromatic heterocycles. The summed E-state index contributed by atoms with van der Waals surface area (Å²) in [6, 6.07) is 4.60. The molecule has 1 atom stereocenters. The lowest BCUT2D eigenvalue weighted by Crippen LogP contribution is -2.49. The van der Waals surface area contributed by atoms with Crippen LogP contribution >= 0.6 is 0 Å². The van der Waals surface area contributed by atoms with Crippen LogP contribution in [0.25, 0.3) is 0 Å². The van der Waals surface area contributed by atoms with Crippen LogP contribution in [0.2, 0.25) is 0 Å². The van der Waals surface area contributed by atoms with E-state index in [1.165, 1.54) is 7.11 Å². The van der Waals surface area contributed by atoms with Gasteiger partial charge in [0, 0.05) is 25.4 Å². The monoisotopic (exact) mass is 309 g/mol. The second-order valence-corrected chi connectivity index (χ2v) is 5.70. The van der Waals surface area contributed by atoms with E-state index in [9.17, 15) is 9.59 Å². The second kappa shape index (κ2) is 8.33. The number of pyridine rings is 1. The molecule has 0 radical (unpaired) electrons. The molecule has 0 aliphatic rings. The largest absolute Gasteiger partial charge is 0.444 e. The molecule has 1 heterocycles. The molecule has 0 aliphatic heterocycles. The Morgan fingerprint density at radius 1 is 1.32 bits per heavy atom. The maximum Gasteiger partial charge on any atom is 0.408 e. The number of ether oxygens (including phenoxy) is 2. The summed E-state index contributed by atoms with van der Waals surface area (Å²) in [5, 5.41) is 5.12. The molecule has 2 N–H and O–H groups in total. The first kappa shape index (κ1) is 17.9. The third kappa shape index (κ3) is 7.03. The molecule has 122 valence electrons. The molecule has 0 unspecified atom stereocenters. The fourth-order valence-electron chi connectivity index (χ4n) is 1.65. The number of aromatic nitrogens is 1. The number of methoxy groups -OCH3 is 1. The first-order valence-corrected chi connectivity index (χ1v) is 6.98. The highest BCUT2D eigenvalue weighted by Crippen LogP contribution is 2.08. The zero-order valence-corrected chi connectivity index (χ0v) is 13.4. The highest BCUT2D eigenvalue weighted by atomic mass is 16.6. The molecule has 7 nitrogen and oxygen atoms in total. The van der Waals surface area contributed by atoms with Gasteiger partial charge in [0.05, 0.1) is 0 Å². The highest BCUT2D eigenvalue weighted by Gasteiger charge is 2.24. The molecule has 0 aliphatic carbocycles. The van der Waals surface area contributed by atoms with E-state index >= 15 is 0 Å². The summed E-state index contributed by atoms with van der Waals surface area (Å²) in [4.78, 5) is 28.2. The van der Waals surface area contributed by atoms with E-state index in [0.29, 0.717) is 5.69 Å². The van der Waals surface area contributed by atoms with E-state index in [-0.39, 0.29) is 19.1 Å². The smallest absolute Gasteiger partial charge is 0.408 e. The lowest BCUT2D eigenvalue weighted by Gasteiger charge is -2.23. The molecule has 0 saturated heterocycles. The fourth-order valence-corrected chi connectivity index (χ4v) is 1.65. The van der Waals surface area contributed by atoms with Crippen LogP contribution in [0.4, 0.5) is 4.79 Å². The minimum atomic E-state index is -0.792. The van der Waals surface area contributed by atoms with Crippen LogP contribution in [0.3, 0.4) is 0 Å². The first-order valence-electron chi connectivity index (χ1n) is 6.98. The SMILES string of the molecule is COCNC(=O)[C@@H](Cc1ccccn1)NC(=O)OC(C)(C)C. The Balaban J connectivity index is 2.73. The van der Waals surface area contributed by atoms with Crippen molar-refractivity contribution in [2.24, 2.45) is 0 Å². The number of hydrogen-bond acceptors (Lipinski definition) is 5. The van der Waals surface area contributed by atoms with Crippen molar-refractivity contribution in [1.29, 1.82) is 0 Å². The van der Waals surface area contributed by atoms with Gasteiger partial charge in [0.15, 0.2) is 0 Å². The average Bonchev–Trinajstić information content (AvgIpc) is 2.43. The van der Waals surface area contributed by atoms with E-state index in [1.807, 2.05) is 6.07 Å². The summed E-state index contributed by atoms with van der Waals surface area (Å²) < 4.78 is 9.99. The Labute approximate surface area is 130 Å². The molecule has 0 spiro atoms. The lowest BCUT2D eigenvalue weighted by molar-refractivity contribution is -0.124. The first-order chi connectivity index (χ1) is 10.3. The van der Waals surface area contributed by atoms with Gasteiger partial charge in [-0.05, 0) is 32.9 Å². The number of hydrogen-bond donors (Lipinski definition) is 2. The quantitative estimate of drug-likeness (QED) is 0.772. The van der Waals surface area contributed by atoms with Gasteiger partial charge >= 0.3 is 6.09 Å². The van der Waals surface area contributed by atoms with Crippen LogP contribution in [-0.2, 0) is 20.7 Å². The number of carbonyl (C=O) groups is 2. The van der Waals surface area contributed by atoms with Crippen LogP contribution in [0.1, 0.15) is 26.5 Å². The third-order valence-electron chi connectivity index (χ3n) is 2.54. The van der Waals surface area contributed by atoms with Crippen molar-refractivity contribution in [2.45, 2.75) is 38.8 Å². The van der Waals surface area contributed by atoms with Gasteiger partial charge in [-0.3, -0.25) is 9.78 Å². The zero-order valence-electron chi connectivity index (χ0n) is 13.4. The van der Waals surface area contributed by atoms with E-state index in [1.54, 1.807) is 39.1 Å². The van der Waals surface area contributed by atoms with Crippen LogP contribution in [0, 0.1) is 0 Å². The van der Waals surface area contributed by atoms with Gasteiger partial charge in [0.25, 0.3) is 0 Å². The topological polar surface area (TPSA) is 89.5 Å². The number of rotatable bonds is 6. The minimum Gasteiger partial charge on any atom is -0.444 e. The van der Waals surface area contributed by atoms with E-state index in [2.05, 4.69) is 15.6 Å². The predicted molar refractivity (Wildman–Crippen MR) is 81.1 cm³/mol. The van der Waals surface area contributed by atoms with Crippen LogP contribution in [0.15, 0.2) is 24.4 Å². The normalized spacial score (nSPS) is 12.4. The molecular weight excluding hydrogens is 286 g/mol. The molecule has 0 aromatic carbocycles. The van der Waals surface area contributed by atoms with Crippen LogP contribution < -0.4 is 10.6 Å².